The molecule has 0 spiro atoms. The van der Waals surface area contributed by atoms with Crippen molar-refractivity contribution in [1.29, 1.82) is 0 Å². The van der Waals surface area contributed by atoms with Gasteiger partial charge in [0.15, 0.2) is 0 Å². The Morgan fingerprint density at radius 3 is 1.56 bits per heavy atom. The van der Waals surface area contributed by atoms with Gasteiger partial charge in [-0.1, -0.05) is 0 Å². The van der Waals surface area contributed by atoms with Gasteiger partial charge in [0.05, 0.1) is 0 Å². The fraction of sp³-hybridized carbons (Fsp3) is 1.00. The molecule has 0 saturated heterocycles. The van der Waals surface area contributed by atoms with Gasteiger partial charge in [0.25, 0.3) is 0 Å². The molecule has 0 aliphatic heterocycles. The Kier molecular flexibility index (Phi) is 6.07. The number of rotatable bonds is 4. The summed E-state index contributed by atoms with van der Waals surface area (Å²) in [5.74, 6) is 0. The first-order chi connectivity index (χ1) is 4.20. The van der Waals surface area contributed by atoms with Crippen molar-refractivity contribution in [2.45, 2.75) is 48.4 Å². The van der Waals surface area contributed by atoms with E-state index in [2.05, 4.69) is 27.7 Å². The van der Waals surface area contributed by atoms with Gasteiger partial charge in [-0.15, -0.1) is 0 Å². The van der Waals surface area contributed by atoms with Gasteiger partial charge in [-0.2, -0.15) is 0 Å². The van der Waals surface area contributed by atoms with Gasteiger partial charge >= 0.3 is 69.5 Å². The van der Waals surface area contributed by atoms with E-state index in [-0.39, 0.29) is 21.1 Å². The van der Waals surface area contributed by atoms with Crippen molar-refractivity contribution < 1.29 is 0 Å². The van der Waals surface area contributed by atoms with Crippen LogP contribution in [0.25, 0.3) is 0 Å². The predicted molar refractivity (Wildman–Crippen MR) is 45.2 cm³/mol. The van der Waals surface area contributed by atoms with Gasteiger partial charge in [-0.05, 0) is 0 Å². The van der Waals surface area contributed by atoms with Crippen molar-refractivity contribution in [3.63, 3.8) is 0 Å². The van der Waals surface area contributed by atoms with Crippen LogP contribution in [0, 0.1) is 0 Å². The van der Waals surface area contributed by atoms with E-state index in [0.717, 1.165) is 7.87 Å². The minimum atomic E-state index is 0.00250. The van der Waals surface area contributed by atoms with Crippen molar-refractivity contribution in [3.05, 3.63) is 0 Å². The average molecular weight is 233 g/mol. The van der Waals surface area contributed by atoms with Crippen molar-refractivity contribution >= 4 is 21.1 Å². The van der Waals surface area contributed by atoms with Gasteiger partial charge in [0, 0.05) is 0 Å². The molecule has 0 aromatic heterocycles. The van der Waals surface area contributed by atoms with E-state index in [1.165, 1.54) is 12.8 Å². The van der Waals surface area contributed by atoms with Gasteiger partial charge in [-0.25, -0.2) is 0 Å². The predicted octanol–water partition coefficient (Wildman–Crippen LogP) is 3.13. The molecule has 0 aliphatic rings. The molecular weight excluding hydrogens is 215 g/mol. The van der Waals surface area contributed by atoms with Gasteiger partial charge in [0.1, 0.15) is 0 Å². The zero-order valence-electron chi connectivity index (χ0n) is 7.07. The average Bonchev–Trinajstić information content (AvgIpc) is 1.87. The molecule has 0 aromatic rings. The van der Waals surface area contributed by atoms with E-state index in [4.69, 9.17) is 0 Å². The summed E-state index contributed by atoms with van der Waals surface area (Å²) in [6.07, 6.45) is 2.83. The summed E-state index contributed by atoms with van der Waals surface area (Å²) >= 11 is 0.00250. The molecule has 1 heteroatoms. The molecule has 0 N–H and O–H groups in total. The third-order valence-corrected chi connectivity index (χ3v) is 7.37. The van der Waals surface area contributed by atoms with Gasteiger partial charge in [0.2, 0.25) is 0 Å². The molecule has 0 aromatic carbocycles. The molecule has 0 amide bonds. The zero-order valence-corrected chi connectivity index (χ0v) is 9.92. The molecule has 0 heterocycles. The third kappa shape index (κ3) is 5.25. The summed E-state index contributed by atoms with van der Waals surface area (Å²) in [4.78, 5) is 0. The Morgan fingerprint density at radius 1 is 1.00 bits per heavy atom. The normalized spacial score (nSPS) is 17.3. The second-order valence-electron chi connectivity index (χ2n) is 2.79. The van der Waals surface area contributed by atoms with Gasteiger partial charge in [-0.3, -0.25) is 0 Å². The SMILES string of the molecule is CC[CH](C)[Sn][CH](C)CC. The van der Waals surface area contributed by atoms with Crippen molar-refractivity contribution in [2.24, 2.45) is 0 Å². The summed E-state index contributed by atoms with van der Waals surface area (Å²) in [6.45, 7) is 9.46. The van der Waals surface area contributed by atoms with E-state index in [1.54, 1.807) is 0 Å². The van der Waals surface area contributed by atoms with E-state index in [1.807, 2.05) is 0 Å². The molecule has 0 bridgehead atoms. The van der Waals surface area contributed by atoms with Crippen LogP contribution in [0.1, 0.15) is 40.5 Å². The summed E-state index contributed by atoms with van der Waals surface area (Å²) in [5.41, 5.74) is 0. The second kappa shape index (κ2) is 5.57. The summed E-state index contributed by atoms with van der Waals surface area (Å²) in [7, 11) is 0. The summed E-state index contributed by atoms with van der Waals surface area (Å²) in [6, 6.07) is 0. The Morgan fingerprint density at radius 2 is 1.33 bits per heavy atom. The Labute approximate surface area is 69.6 Å². The first kappa shape index (κ1) is 9.80. The molecular formula is C8H18Sn. The maximum atomic E-state index is 2.42. The van der Waals surface area contributed by atoms with Crippen LogP contribution >= 0.6 is 0 Å². The van der Waals surface area contributed by atoms with Crippen LogP contribution in [0.2, 0.25) is 7.87 Å². The van der Waals surface area contributed by atoms with Crippen LogP contribution < -0.4 is 0 Å². The molecule has 0 rings (SSSR count). The first-order valence-corrected chi connectivity index (χ1v) is 7.26. The van der Waals surface area contributed by atoms with Crippen LogP contribution in [0.3, 0.4) is 0 Å². The second-order valence-corrected chi connectivity index (χ2v) is 9.36. The van der Waals surface area contributed by atoms with E-state index in [0.29, 0.717) is 0 Å². The van der Waals surface area contributed by atoms with Crippen LogP contribution in [-0.4, -0.2) is 21.1 Å². The molecule has 0 fully saturated rings. The molecule has 0 nitrogen and oxygen atoms in total. The standard InChI is InChI=1S/2C4H9.Sn/c2*1-3-4-2;/h2*3H,4H2,1-2H3;. The molecule has 2 atom stereocenters. The molecule has 0 saturated carbocycles. The Hall–Kier alpha value is 0.799. The van der Waals surface area contributed by atoms with E-state index in [9.17, 15) is 0 Å². The number of hydrogen-bond acceptors (Lipinski definition) is 0. The Balaban J connectivity index is 3.22. The molecule has 54 valence electrons. The first-order valence-electron chi connectivity index (χ1n) is 3.96. The summed E-state index contributed by atoms with van der Waals surface area (Å²) in [5, 5.41) is 0. The van der Waals surface area contributed by atoms with Crippen LogP contribution in [0.5, 0.6) is 0 Å². The Bertz CT molecular complexity index is 53.6. The minimum absolute atomic E-state index is 0.00250. The van der Waals surface area contributed by atoms with E-state index < -0.39 is 0 Å². The number of hydrogen-bond donors (Lipinski definition) is 0. The molecule has 9 heavy (non-hydrogen) atoms. The fourth-order valence-electron chi connectivity index (χ4n) is 0.721. The van der Waals surface area contributed by atoms with Crippen LogP contribution in [0.4, 0.5) is 0 Å². The quantitative estimate of drug-likeness (QED) is 0.654. The van der Waals surface area contributed by atoms with Crippen LogP contribution in [0.15, 0.2) is 0 Å². The third-order valence-electron chi connectivity index (χ3n) is 1.79. The topological polar surface area (TPSA) is 0 Å². The maximum absolute atomic E-state index is 2.42. The monoisotopic (exact) mass is 234 g/mol. The fourth-order valence-corrected chi connectivity index (χ4v) is 4.84. The molecule has 2 unspecified atom stereocenters. The molecule has 2 radical (unpaired) electrons. The zero-order chi connectivity index (χ0) is 7.28. The van der Waals surface area contributed by atoms with Crippen LogP contribution in [-0.2, 0) is 0 Å². The van der Waals surface area contributed by atoms with Crippen molar-refractivity contribution in [1.82, 2.24) is 0 Å². The molecule has 0 aliphatic carbocycles. The van der Waals surface area contributed by atoms with E-state index >= 15 is 0 Å². The van der Waals surface area contributed by atoms with Crippen molar-refractivity contribution in [3.8, 4) is 0 Å². The van der Waals surface area contributed by atoms with Crippen molar-refractivity contribution in [2.75, 3.05) is 0 Å². The van der Waals surface area contributed by atoms with Gasteiger partial charge < -0.3 is 0 Å². The summed E-state index contributed by atoms with van der Waals surface area (Å²) < 4.78 is 2.20.